The summed E-state index contributed by atoms with van der Waals surface area (Å²) in [6.07, 6.45) is 0. The molecule has 106 valence electrons. The SMILES string of the molecule is CC(C)c1cc(=O)[nH]c(SCC(=O)Nc2nncs2)n1. The highest BCUT2D eigenvalue weighted by molar-refractivity contribution is 7.99. The largest absolute Gasteiger partial charge is 0.301 e. The molecule has 0 saturated heterocycles. The number of thioether (sulfide) groups is 1. The summed E-state index contributed by atoms with van der Waals surface area (Å²) in [4.78, 5) is 30.1. The number of carbonyl (C=O) groups excluding carboxylic acids is 1. The van der Waals surface area contributed by atoms with Crippen LogP contribution in [0.2, 0.25) is 0 Å². The summed E-state index contributed by atoms with van der Waals surface area (Å²) in [6, 6.07) is 1.47. The van der Waals surface area contributed by atoms with E-state index in [4.69, 9.17) is 0 Å². The third-order valence-corrected chi connectivity index (χ3v) is 3.76. The van der Waals surface area contributed by atoms with E-state index in [1.807, 2.05) is 13.8 Å². The minimum Gasteiger partial charge on any atom is -0.301 e. The van der Waals surface area contributed by atoms with Gasteiger partial charge in [-0.15, -0.1) is 10.2 Å². The van der Waals surface area contributed by atoms with E-state index in [0.717, 1.165) is 0 Å². The van der Waals surface area contributed by atoms with Crippen molar-refractivity contribution in [3.63, 3.8) is 0 Å². The molecule has 2 rings (SSSR count). The summed E-state index contributed by atoms with van der Waals surface area (Å²) in [5, 5.41) is 10.8. The van der Waals surface area contributed by atoms with Gasteiger partial charge in [-0.2, -0.15) is 0 Å². The average Bonchev–Trinajstić information content (AvgIpc) is 2.88. The molecule has 0 saturated carbocycles. The Morgan fingerprint density at radius 2 is 2.35 bits per heavy atom. The van der Waals surface area contributed by atoms with Crippen molar-refractivity contribution in [1.29, 1.82) is 0 Å². The fourth-order valence-corrected chi connectivity index (χ4v) is 2.48. The van der Waals surface area contributed by atoms with E-state index in [0.29, 0.717) is 16.0 Å². The Bertz CT molecular complexity index is 639. The Labute approximate surface area is 123 Å². The first-order chi connectivity index (χ1) is 9.54. The van der Waals surface area contributed by atoms with Crippen LogP contribution in [0, 0.1) is 0 Å². The van der Waals surface area contributed by atoms with Gasteiger partial charge in [0.15, 0.2) is 5.16 Å². The van der Waals surface area contributed by atoms with Crippen LogP contribution in [0.4, 0.5) is 5.13 Å². The van der Waals surface area contributed by atoms with Crippen molar-refractivity contribution in [3.05, 3.63) is 27.6 Å². The number of amides is 1. The third-order valence-electron chi connectivity index (χ3n) is 2.28. The molecule has 2 N–H and O–H groups in total. The number of carbonyl (C=O) groups is 1. The van der Waals surface area contributed by atoms with Crippen LogP contribution < -0.4 is 10.9 Å². The quantitative estimate of drug-likeness (QED) is 0.640. The molecule has 0 fully saturated rings. The number of aromatic nitrogens is 4. The van der Waals surface area contributed by atoms with Gasteiger partial charge >= 0.3 is 0 Å². The maximum Gasteiger partial charge on any atom is 0.251 e. The monoisotopic (exact) mass is 311 g/mol. The van der Waals surface area contributed by atoms with Gasteiger partial charge in [0.05, 0.1) is 11.4 Å². The number of hydrogen-bond donors (Lipinski definition) is 2. The van der Waals surface area contributed by atoms with E-state index in [2.05, 4.69) is 25.5 Å². The normalized spacial score (nSPS) is 10.8. The van der Waals surface area contributed by atoms with Crippen molar-refractivity contribution in [2.45, 2.75) is 24.9 Å². The van der Waals surface area contributed by atoms with Crippen molar-refractivity contribution in [2.75, 3.05) is 11.1 Å². The zero-order valence-electron chi connectivity index (χ0n) is 10.9. The van der Waals surface area contributed by atoms with Gasteiger partial charge in [-0.3, -0.25) is 14.9 Å². The second kappa shape index (κ2) is 6.62. The molecule has 9 heteroatoms. The molecule has 0 aliphatic rings. The number of nitrogens with one attached hydrogen (secondary N) is 2. The molecule has 0 atom stereocenters. The standard InChI is InChI=1S/C11H13N5O2S2/c1-6(2)7-3-8(17)14-10(13-7)19-4-9(18)15-11-16-12-5-20-11/h3,5-6H,4H2,1-2H3,(H,13,14,17)(H,15,16,18). The molecular formula is C11H13N5O2S2. The molecule has 0 unspecified atom stereocenters. The summed E-state index contributed by atoms with van der Waals surface area (Å²) < 4.78 is 0. The molecule has 1 amide bonds. The molecule has 0 bridgehead atoms. The van der Waals surface area contributed by atoms with Crippen LogP contribution in [0.15, 0.2) is 21.5 Å². The van der Waals surface area contributed by atoms with Crippen molar-refractivity contribution in [2.24, 2.45) is 0 Å². The predicted molar refractivity (Wildman–Crippen MR) is 78.2 cm³/mol. The van der Waals surface area contributed by atoms with Crippen LogP contribution in [0.5, 0.6) is 0 Å². The van der Waals surface area contributed by atoms with E-state index in [9.17, 15) is 9.59 Å². The topological polar surface area (TPSA) is 101 Å². The Hall–Kier alpha value is -1.74. The van der Waals surface area contributed by atoms with E-state index < -0.39 is 0 Å². The van der Waals surface area contributed by atoms with Crippen LogP contribution in [0.3, 0.4) is 0 Å². The smallest absolute Gasteiger partial charge is 0.251 e. The lowest BCUT2D eigenvalue weighted by atomic mass is 10.1. The zero-order chi connectivity index (χ0) is 14.5. The van der Waals surface area contributed by atoms with Gasteiger partial charge in [0.25, 0.3) is 5.56 Å². The van der Waals surface area contributed by atoms with Gasteiger partial charge in [0.2, 0.25) is 11.0 Å². The Morgan fingerprint density at radius 3 is 3.00 bits per heavy atom. The maximum atomic E-state index is 11.7. The Balaban J connectivity index is 1.96. The average molecular weight is 311 g/mol. The molecule has 0 radical (unpaired) electrons. The summed E-state index contributed by atoms with van der Waals surface area (Å²) in [5.74, 6) is 0.0839. The first-order valence-electron chi connectivity index (χ1n) is 5.84. The van der Waals surface area contributed by atoms with Crippen LogP contribution in [0.1, 0.15) is 25.5 Å². The van der Waals surface area contributed by atoms with Gasteiger partial charge < -0.3 is 4.98 Å². The molecule has 2 heterocycles. The number of anilines is 1. The van der Waals surface area contributed by atoms with Crippen LogP contribution in [0.25, 0.3) is 0 Å². The number of aromatic amines is 1. The summed E-state index contributed by atoms with van der Waals surface area (Å²) in [7, 11) is 0. The molecule has 2 aromatic rings. The van der Waals surface area contributed by atoms with Gasteiger partial charge in [-0.25, -0.2) is 4.98 Å². The van der Waals surface area contributed by atoms with Gasteiger partial charge in [0, 0.05) is 6.07 Å². The third kappa shape index (κ3) is 4.14. The minimum atomic E-state index is -0.218. The number of hydrogen-bond acceptors (Lipinski definition) is 7. The predicted octanol–water partition coefficient (Wildman–Crippen LogP) is 1.48. The van der Waals surface area contributed by atoms with Crippen molar-refractivity contribution in [3.8, 4) is 0 Å². The summed E-state index contributed by atoms with van der Waals surface area (Å²) in [6.45, 7) is 3.91. The summed E-state index contributed by atoms with van der Waals surface area (Å²) in [5.41, 5.74) is 2.03. The van der Waals surface area contributed by atoms with Crippen molar-refractivity contribution < 1.29 is 4.79 Å². The second-order valence-electron chi connectivity index (χ2n) is 4.21. The van der Waals surface area contributed by atoms with E-state index >= 15 is 0 Å². The lowest BCUT2D eigenvalue weighted by molar-refractivity contribution is -0.113. The zero-order valence-corrected chi connectivity index (χ0v) is 12.5. The molecule has 0 aromatic carbocycles. The molecule has 7 nitrogen and oxygen atoms in total. The van der Waals surface area contributed by atoms with Crippen molar-refractivity contribution in [1.82, 2.24) is 20.2 Å². The van der Waals surface area contributed by atoms with Crippen LogP contribution >= 0.6 is 23.1 Å². The molecule has 0 spiro atoms. The highest BCUT2D eigenvalue weighted by Gasteiger charge is 2.09. The highest BCUT2D eigenvalue weighted by Crippen LogP contribution is 2.16. The Morgan fingerprint density at radius 1 is 1.55 bits per heavy atom. The second-order valence-corrected chi connectivity index (χ2v) is 6.01. The van der Waals surface area contributed by atoms with E-state index in [1.54, 1.807) is 0 Å². The van der Waals surface area contributed by atoms with E-state index in [-0.39, 0.29) is 23.1 Å². The molecule has 20 heavy (non-hydrogen) atoms. The lowest BCUT2D eigenvalue weighted by Crippen LogP contribution is -2.16. The maximum absolute atomic E-state index is 11.7. The fraction of sp³-hybridized carbons (Fsp3) is 0.364. The van der Waals surface area contributed by atoms with Crippen LogP contribution in [-0.2, 0) is 4.79 Å². The van der Waals surface area contributed by atoms with Crippen LogP contribution in [-0.4, -0.2) is 31.8 Å². The Kier molecular flexibility index (Phi) is 4.85. The van der Waals surface area contributed by atoms with Gasteiger partial charge in [-0.1, -0.05) is 36.9 Å². The fourth-order valence-electron chi connectivity index (χ4n) is 1.33. The first kappa shape index (κ1) is 14.7. The molecule has 0 aliphatic carbocycles. The minimum absolute atomic E-state index is 0.143. The molecule has 0 aliphatic heterocycles. The first-order valence-corrected chi connectivity index (χ1v) is 7.71. The van der Waals surface area contributed by atoms with Gasteiger partial charge in [-0.05, 0) is 5.92 Å². The van der Waals surface area contributed by atoms with E-state index in [1.165, 1.54) is 34.7 Å². The molecule has 2 aromatic heterocycles. The number of nitrogens with zero attached hydrogens (tertiary/aromatic N) is 3. The lowest BCUT2D eigenvalue weighted by Gasteiger charge is -2.06. The van der Waals surface area contributed by atoms with Crippen molar-refractivity contribution >= 4 is 34.1 Å². The number of H-pyrrole nitrogens is 1. The number of rotatable bonds is 5. The highest BCUT2D eigenvalue weighted by atomic mass is 32.2. The summed E-state index contributed by atoms with van der Waals surface area (Å²) >= 11 is 2.42. The molecular weight excluding hydrogens is 298 g/mol. The van der Waals surface area contributed by atoms with Gasteiger partial charge in [0.1, 0.15) is 5.51 Å².